The number of thiophene rings is 1. The highest BCUT2D eigenvalue weighted by molar-refractivity contribution is 7.92. The molecule has 0 saturated carbocycles. The van der Waals surface area contributed by atoms with E-state index in [9.17, 15) is 13.2 Å². The molecule has 2 N–H and O–H groups in total. The van der Waals surface area contributed by atoms with Gasteiger partial charge in [0.15, 0.2) is 5.82 Å². The summed E-state index contributed by atoms with van der Waals surface area (Å²) < 4.78 is 27.7. The smallest absolute Gasteiger partial charge is 0.264 e. The van der Waals surface area contributed by atoms with Crippen molar-refractivity contribution in [3.63, 3.8) is 0 Å². The van der Waals surface area contributed by atoms with Crippen molar-refractivity contribution in [3.05, 3.63) is 83.7 Å². The third-order valence-corrected chi connectivity index (χ3v) is 7.42. The SMILES string of the molecule is CCN(c1ccccc1)S(=O)(=O)c1cccc(C(=O)Nc2cc(-c3cccs3)[nH]n2)c1. The number of benzene rings is 2. The van der Waals surface area contributed by atoms with Gasteiger partial charge in [-0.05, 0) is 48.7 Å². The number of nitrogens with one attached hydrogen (secondary N) is 2. The van der Waals surface area contributed by atoms with Gasteiger partial charge < -0.3 is 5.32 Å². The first-order chi connectivity index (χ1) is 15.0. The number of aromatic nitrogens is 2. The minimum atomic E-state index is -3.83. The Morgan fingerprint density at radius 3 is 2.58 bits per heavy atom. The number of carbonyl (C=O) groups is 1. The summed E-state index contributed by atoms with van der Waals surface area (Å²) in [7, 11) is -3.83. The molecule has 0 aliphatic carbocycles. The highest BCUT2D eigenvalue weighted by atomic mass is 32.2. The number of sulfonamides is 1. The van der Waals surface area contributed by atoms with Crippen molar-refractivity contribution >= 4 is 38.8 Å². The van der Waals surface area contributed by atoms with Crippen molar-refractivity contribution in [2.75, 3.05) is 16.2 Å². The first kappa shape index (κ1) is 20.8. The van der Waals surface area contributed by atoms with E-state index in [0.717, 1.165) is 10.6 Å². The molecule has 0 radical (unpaired) electrons. The molecule has 2 heterocycles. The van der Waals surface area contributed by atoms with Gasteiger partial charge in [0.25, 0.3) is 15.9 Å². The Kier molecular flexibility index (Phi) is 5.88. The minimum absolute atomic E-state index is 0.0483. The number of para-hydroxylation sites is 1. The summed E-state index contributed by atoms with van der Waals surface area (Å²) in [4.78, 5) is 13.8. The molecule has 0 aliphatic heterocycles. The molecule has 2 aromatic heterocycles. The lowest BCUT2D eigenvalue weighted by Gasteiger charge is -2.23. The zero-order valence-electron chi connectivity index (χ0n) is 16.6. The van der Waals surface area contributed by atoms with E-state index in [2.05, 4.69) is 15.5 Å². The largest absolute Gasteiger partial charge is 0.305 e. The number of aromatic amines is 1. The summed E-state index contributed by atoms with van der Waals surface area (Å²) in [6.45, 7) is 2.03. The van der Waals surface area contributed by atoms with Crippen LogP contribution in [0.4, 0.5) is 11.5 Å². The predicted octanol–water partition coefficient (Wildman–Crippen LogP) is 4.61. The van der Waals surface area contributed by atoms with Gasteiger partial charge in [-0.15, -0.1) is 11.3 Å². The van der Waals surface area contributed by atoms with Gasteiger partial charge in [-0.1, -0.05) is 30.3 Å². The van der Waals surface area contributed by atoms with Crippen LogP contribution in [0.1, 0.15) is 17.3 Å². The van der Waals surface area contributed by atoms with Crippen LogP contribution in [-0.2, 0) is 10.0 Å². The Balaban J connectivity index is 1.57. The van der Waals surface area contributed by atoms with Crippen LogP contribution in [0.25, 0.3) is 10.6 Å². The second-order valence-electron chi connectivity index (χ2n) is 6.63. The average molecular weight is 453 g/mol. The van der Waals surface area contributed by atoms with Gasteiger partial charge in [-0.3, -0.25) is 14.2 Å². The molecule has 0 spiro atoms. The van der Waals surface area contributed by atoms with Crippen LogP contribution in [-0.4, -0.2) is 31.1 Å². The zero-order valence-corrected chi connectivity index (χ0v) is 18.3. The monoisotopic (exact) mass is 452 g/mol. The van der Waals surface area contributed by atoms with Crippen LogP contribution in [0.3, 0.4) is 0 Å². The molecule has 7 nitrogen and oxygen atoms in total. The molecule has 4 aromatic rings. The summed E-state index contributed by atoms with van der Waals surface area (Å²) >= 11 is 1.56. The number of carbonyl (C=O) groups excluding carboxylic acids is 1. The molecular formula is C22H20N4O3S2. The van der Waals surface area contributed by atoms with Crippen LogP contribution in [0.2, 0.25) is 0 Å². The summed E-state index contributed by atoms with van der Waals surface area (Å²) in [5, 5.41) is 11.7. The maximum atomic E-state index is 13.2. The number of hydrogen-bond donors (Lipinski definition) is 2. The van der Waals surface area contributed by atoms with Gasteiger partial charge in [-0.2, -0.15) is 5.10 Å². The number of anilines is 2. The number of H-pyrrole nitrogens is 1. The van der Waals surface area contributed by atoms with E-state index in [1.807, 2.05) is 23.6 Å². The second kappa shape index (κ2) is 8.75. The number of amides is 1. The van der Waals surface area contributed by atoms with Crippen molar-refractivity contribution in [1.29, 1.82) is 0 Å². The molecular weight excluding hydrogens is 432 g/mol. The summed E-state index contributed by atoms with van der Waals surface area (Å²) in [6.07, 6.45) is 0. The summed E-state index contributed by atoms with van der Waals surface area (Å²) in [5.74, 6) is -0.0785. The average Bonchev–Trinajstić information content (AvgIpc) is 3.47. The van der Waals surface area contributed by atoms with Gasteiger partial charge in [-0.25, -0.2) is 8.42 Å². The van der Waals surface area contributed by atoms with Crippen molar-refractivity contribution in [3.8, 4) is 10.6 Å². The third kappa shape index (κ3) is 4.37. The molecule has 0 aliphatic rings. The zero-order chi connectivity index (χ0) is 21.8. The van der Waals surface area contributed by atoms with Gasteiger partial charge in [0.2, 0.25) is 0 Å². The van der Waals surface area contributed by atoms with E-state index < -0.39 is 15.9 Å². The molecule has 31 heavy (non-hydrogen) atoms. The Labute approximate surface area is 184 Å². The molecule has 2 aromatic carbocycles. The van der Waals surface area contributed by atoms with Crippen LogP contribution in [0.15, 0.2) is 83.1 Å². The Hall–Kier alpha value is -3.43. The highest BCUT2D eigenvalue weighted by Gasteiger charge is 2.24. The minimum Gasteiger partial charge on any atom is -0.305 e. The predicted molar refractivity (Wildman–Crippen MR) is 123 cm³/mol. The first-order valence-electron chi connectivity index (χ1n) is 9.57. The van der Waals surface area contributed by atoms with Gasteiger partial charge in [0.1, 0.15) is 0 Å². The van der Waals surface area contributed by atoms with E-state index >= 15 is 0 Å². The topological polar surface area (TPSA) is 95.2 Å². The summed E-state index contributed by atoms with van der Waals surface area (Å²) in [6, 6.07) is 20.5. The standard InChI is InChI=1S/C22H20N4O3S2/c1-2-26(17-9-4-3-5-10-17)31(28,29)18-11-6-8-16(14-18)22(27)23-21-15-19(24-25-21)20-12-7-13-30-20/h3-15H,2H2,1H3,(H2,23,24,25,27). The van der Waals surface area contributed by atoms with Crippen molar-refractivity contribution in [2.45, 2.75) is 11.8 Å². The first-order valence-corrected chi connectivity index (χ1v) is 11.9. The van der Waals surface area contributed by atoms with E-state index in [-0.39, 0.29) is 17.0 Å². The van der Waals surface area contributed by atoms with Gasteiger partial charge >= 0.3 is 0 Å². The lowest BCUT2D eigenvalue weighted by atomic mass is 10.2. The molecule has 0 atom stereocenters. The van der Waals surface area contributed by atoms with E-state index in [1.54, 1.807) is 60.7 Å². The Morgan fingerprint density at radius 1 is 1.06 bits per heavy atom. The molecule has 0 saturated heterocycles. The van der Waals surface area contributed by atoms with Crippen LogP contribution in [0, 0.1) is 0 Å². The van der Waals surface area contributed by atoms with Crippen LogP contribution >= 0.6 is 11.3 Å². The lowest BCUT2D eigenvalue weighted by Crippen LogP contribution is -2.31. The van der Waals surface area contributed by atoms with E-state index in [4.69, 9.17) is 0 Å². The second-order valence-corrected chi connectivity index (χ2v) is 9.44. The normalized spacial score (nSPS) is 11.3. The molecule has 9 heteroatoms. The van der Waals surface area contributed by atoms with Crippen LogP contribution in [0.5, 0.6) is 0 Å². The molecule has 1 amide bonds. The maximum Gasteiger partial charge on any atom is 0.264 e. The molecule has 0 fully saturated rings. The molecule has 158 valence electrons. The quantitative estimate of drug-likeness (QED) is 0.428. The fraction of sp³-hybridized carbons (Fsp3) is 0.0909. The van der Waals surface area contributed by atoms with Crippen molar-refractivity contribution < 1.29 is 13.2 Å². The Bertz CT molecular complexity index is 1280. The highest BCUT2D eigenvalue weighted by Crippen LogP contribution is 2.26. The fourth-order valence-electron chi connectivity index (χ4n) is 3.14. The maximum absolute atomic E-state index is 13.2. The number of rotatable bonds is 7. The lowest BCUT2D eigenvalue weighted by molar-refractivity contribution is 0.102. The van der Waals surface area contributed by atoms with Gasteiger partial charge in [0, 0.05) is 18.2 Å². The molecule has 4 rings (SSSR count). The van der Waals surface area contributed by atoms with E-state index in [0.29, 0.717) is 11.5 Å². The van der Waals surface area contributed by atoms with Crippen LogP contribution < -0.4 is 9.62 Å². The van der Waals surface area contributed by atoms with Gasteiger partial charge in [0.05, 0.1) is 21.2 Å². The fourth-order valence-corrected chi connectivity index (χ4v) is 5.36. The number of nitrogens with zero attached hydrogens (tertiary/aromatic N) is 2. The molecule has 0 bridgehead atoms. The number of hydrogen-bond acceptors (Lipinski definition) is 5. The Morgan fingerprint density at radius 2 is 1.87 bits per heavy atom. The van der Waals surface area contributed by atoms with E-state index in [1.165, 1.54) is 16.4 Å². The third-order valence-electron chi connectivity index (χ3n) is 4.62. The van der Waals surface area contributed by atoms with Crippen molar-refractivity contribution in [1.82, 2.24) is 10.2 Å². The summed E-state index contributed by atoms with van der Waals surface area (Å²) in [5.41, 5.74) is 1.59. The molecule has 0 unspecified atom stereocenters. The van der Waals surface area contributed by atoms with Crippen molar-refractivity contribution in [2.24, 2.45) is 0 Å².